The number of methoxy groups -OCH3 is 1. The van der Waals surface area contributed by atoms with Gasteiger partial charge in [-0.3, -0.25) is 0 Å². The van der Waals surface area contributed by atoms with Gasteiger partial charge in [0.25, 0.3) is 0 Å². The first kappa shape index (κ1) is 29.2. The van der Waals surface area contributed by atoms with Crippen molar-refractivity contribution in [3.8, 4) is 0 Å². The zero-order valence-corrected chi connectivity index (χ0v) is 22.7. The highest BCUT2D eigenvalue weighted by Crippen LogP contribution is 2.43. The number of urea groups is 1. The van der Waals surface area contributed by atoms with E-state index >= 15 is 4.39 Å². The molecule has 0 spiro atoms. The minimum Gasteiger partial charge on any atom is -0.465 e. The number of unbranched alkanes of at least 4 members (excludes halogenated alkanes) is 1. The predicted octanol–water partition coefficient (Wildman–Crippen LogP) is 6.04. The smallest absolute Gasteiger partial charge is 0.407 e. The number of hydrogen-bond donors (Lipinski definition) is 2. The topological polar surface area (TPSA) is 82.1 Å². The van der Waals surface area contributed by atoms with Crippen molar-refractivity contribution in [3.63, 3.8) is 0 Å². The van der Waals surface area contributed by atoms with E-state index in [1.54, 1.807) is 19.1 Å². The van der Waals surface area contributed by atoms with Crippen LogP contribution in [0.15, 0.2) is 30.3 Å². The van der Waals surface area contributed by atoms with Gasteiger partial charge in [0.1, 0.15) is 5.67 Å². The maximum atomic E-state index is 16.8. The minimum absolute atomic E-state index is 0.209. The van der Waals surface area contributed by atoms with E-state index in [1.807, 2.05) is 30.3 Å². The van der Waals surface area contributed by atoms with Crippen LogP contribution in [0.5, 0.6) is 0 Å². The first-order valence-electron chi connectivity index (χ1n) is 14.1. The van der Waals surface area contributed by atoms with Gasteiger partial charge in [0.2, 0.25) is 0 Å². The number of alkyl halides is 1. The summed E-state index contributed by atoms with van der Waals surface area (Å²) in [6.45, 7) is 1.80. The Morgan fingerprint density at radius 3 is 2.57 bits per heavy atom. The Bertz CT molecular complexity index is 836. The molecule has 1 aromatic carbocycles. The monoisotopic (exact) mass is 519 g/mol. The molecule has 0 aromatic heterocycles. The van der Waals surface area contributed by atoms with Crippen molar-refractivity contribution in [2.24, 2.45) is 11.8 Å². The first-order chi connectivity index (χ1) is 17.8. The number of carboxylic acid groups (broad SMARTS) is 1. The second-order valence-corrected chi connectivity index (χ2v) is 11.0. The van der Waals surface area contributed by atoms with E-state index in [2.05, 4.69) is 5.32 Å². The third kappa shape index (κ3) is 8.59. The Kier molecular flexibility index (Phi) is 11.5. The molecule has 1 heterocycles. The zero-order valence-electron chi connectivity index (χ0n) is 22.7. The fourth-order valence-electron chi connectivity index (χ4n) is 6.14. The van der Waals surface area contributed by atoms with Gasteiger partial charge >= 0.3 is 12.1 Å². The van der Waals surface area contributed by atoms with Crippen LogP contribution in [0.2, 0.25) is 0 Å². The molecule has 1 aliphatic heterocycles. The highest BCUT2D eigenvalue weighted by Gasteiger charge is 2.43. The zero-order chi connectivity index (χ0) is 26.7. The Hall–Kier alpha value is -2.35. The van der Waals surface area contributed by atoms with Gasteiger partial charge in [-0.15, -0.1) is 0 Å². The number of piperidine rings is 1. The number of amides is 3. The fraction of sp³-hybridized carbons (Fsp3) is 0.724. The van der Waals surface area contributed by atoms with E-state index in [0.29, 0.717) is 44.0 Å². The van der Waals surface area contributed by atoms with Gasteiger partial charge in [0.05, 0.1) is 0 Å². The number of hydrogen-bond acceptors (Lipinski definition) is 3. The number of likely N-dealkylation sites (tertiary alicyclic amines) is 1. The number of carbonyl (C=O) groups excluding carboxylic acids is 1. The molecule has 1 saturated carbocycles. The van der Waals surface area contributed by atoms with Gasteiger partial charge in [-0.1, -0.05) is 62.4 Å². The number of likely N-dealkylation sites (N-methyl/N-ethyl adjacent to an activating group) is 1. The largest absolute Gasteiger partial charge is 0.465 e. The number of halogens is 1. The molecule has 0 radical (unpaired) electrons. The van der Waals surface area contributed by atoms with E-state index in [0.717, 1.165) is 38.5 Å². The molecule has 2 aliphatic rings. The summed E-state index contributed by atoms with van der Waals surface area (Å²) in [5, 5.41) is 12.5. The Morgan fingerprint density at radius 1 is 1.16 bits per heavy atom. The average Bonchev–Trinajstić information content (AvgIpc) is 2.92. The lowest BCUT2D eigenvalue weighted by atomic mass is 9.75. The van der Waals surface area contributed by atoms with Crippen molar-refractivity contribution in [2.75, 3.05) is 40.4 Å². The van der Waals surface area contributed by atoms with Gasteiger partial charge in [-0.2, -0.15) is 0 Å². The van der Waals surface area contributed by atoms with Gasteiger partial charge < -0.3 is 25.0 Å². The SMILES string of the molecule is COCCCCC(F)(c1ccccc1)[C@@H]1CCCN(C(=O)N[C@H](CC2CCCCC2)CN(C)C(=O)O)C1. The van der Waals surface area contributed by atoms with Crippen molar-refractivity contribution < 1.29 is 23.8 Å². The molecule has 1 unspecified atom stereocenters. The lowest BCUT2D eigenvalue weighted by molar-refractivity contribution is 0.0206. The van der Waals surface area contributed by atoms with Gasteiger partial charge in [-0.05, 0) is 50.0 Å². The molecule has 1 aromatic rings. The highest BCUT2D eigenvalue weighted by molar-refractivity contribution is 5.75. The van der Waals surface area contributed by atoms with E-state index in [9.17, 15) is 14.7 Å². The van der Waals surface area contributed by atoms with Crippen LogP contribution < -0.4 is 5.32 Å². The fourth-order valence-corrected chi connectivity index (χ4v) is 6.14. The molecule has 3 rings (SSSR count). The van der Waals surface area contributed by atoms with Crippen molar-refractivity contribution >= 4 is 12.1 Å². The molecule has 3 amide bonds. The summed E-state index contributed by atoms with van der Waals surface area (Å²) >= 11 is 0. The molecule has 3 atom stereocenters. The van der Waals surface area contributed by atoms with Crippen molar-refractivity contribution in [1.82, 2.24) is 15.1 Å². The average molecular weight is 520 g/mol. The summed E-state index contributed by atoms with van der Waals surface area (Å²) in [5.74, 6) is 0.203. The van der Waals surface area contributed by atoms with E-state index in [1.165, 1.54) is 24.2 Å². The van der Waals surface area contributed by atoms with E-state index in [-0.39, 0.29) is 24.5 Å². The van der Waals surface area contributed by atoms with Crippen LogP contribution >= 0.6 is 0 Å². The Labute approximate surface area is 221 Å². The van der Waals surface area contributed by atoms with Crippen LogP contribution in [0.1, 0.15) is 76.2 Å². The van der Waals surface area contributed by atoms with Crippen molar-refractivity contribution in [1.29, 1.82) is 0 Å². The summed E-state index contributed by atoms with van der Waals surface area (Å²) < 4.78 is 22.0. The van der Waals surface area contributed by atoms with E-state index < -0.39 is 11.8 Å². The van der Waals surface area contributed by atoms with Gasteiger partial charge in [0, 0.05) is 52.4 Å². The van der Waals surface area contributed by atoms with Crippen LogP contribution in [0, 0.1) is 11.8 Å². The van der Waals surface area contributed by atoms with Crippen molar-refractivity contribution in [2.45, 2.75) is 82.3 Å². The molecule has 0 bridgehead atoms. The third-order valence-electron chi connectivity index (χ3n) is 8.24. The maximum Gasteiger partial charge on any atom is 0.407 e. The molecular formula is C29H46FN3O4. The lowest BCUT2D eigenvalue weighted by Crippen LogP contribution is -2.54. The normalized spacial score (nSPS) is 21.2. The maximum absolute atomic E-state index is 16.8. The highest BCUT2D eigenvalue weighted by atomic mass is 19.1. The summed E-state index contributed by atoms with van der Waals surface area (Å²) in [6, 6.07) is 8.90. The molecule has 7 nitrogen and oxygen atoms in total. The molecule has 8 heteroatoms. The number of rotatable bonds is 12. The summed E-state index contributed by atoms with van der Waals surface area (Å²) in [5.41, 5.74) is -0.836. The van der Waals surface area contributed by atoms with Crippen molar-refractivity contribution in [3.05, 3.63) is 35.9 Å². The molecule has 37 heavy (non-hydrogen) atoms. The standard InChI is InChI=1S/C29H46FN3O4/c1-32(28(35)36)22-26(20-23-12-5-3-6-13-23)31-27(34)33-18-11-16-25(21-33)29(30,17-9-10-19-37-2)24-14-7-4-8-15-24/h4,7-8,14-15,23,25-26H,3,5-6,9-13,16-22H2,1-2H3,(H,31,34)(H,35,36)/t25-,26-,29?/m1/s1. The van der Waals surface area contributed by atoms with Crippen LogP contribution in [0.4, 0.5) is 14.0 Å². The number of nitrogens with zero attached hydrogens (tertiary/aromatic N) is 2. The molecular weight excluding hydrogens is 473 g/mol. The van der Waals surface area contributed by atoms with Gasteiger partial charge in [-0.25, -0.2) is 14.0 Å². The molecule has 2 fully saturated rings. The number of benzene rings is 1. The van der Waals surface area contributed by atoms with E-state index in [4.69, 9.17) is 4.74 Å². The van der Waals surface area contributed by atoms with Crippen LogP contribution in [0.25, 0.3) is 0 Å². The summed E-state index contributed by atoms with van der Waals surface area (Å²) in [4.78, 5) is 27.9. The number of nitrogens with one attached hydrogen (secondary N) is 1. The second-order valence-electron chi connectivity index (χ2n) is 11.0. The third-order valence-corrected chi connectivity index (χ3v) is 8.24. The van der Waals surface area contributed by atoms with Crippen LogP contribution in [-0.4, -0.2) is 73.5 Å². The molecule has 1 saturated heterocycles. The quantitative estimate of drug-likeness (QED) is 0.330. The lowest BCUT2D eigenvalue weighted by Gasteiger charge is -2.41. The van der Waals surface area contributed by atoms with Crippen LogP contribution in [0.3, 0.4) is 0 Å². The number of ether oxygens (including phenoxy) is 1. The molecule has 2 N–H and O–H groups in total. The van der Waals surface area contributed by atoms with Crippen LogP contribution in [-0.2, 0) is 10.4 Å². The Balaban J connectivity index is 1.69. The number of carbonyl (C=O) groups is 2. The molecule has 208 valence electrons. The second kappa shape index (κ2) is 14.6. The summed E-state index contributed by atoms with van der Waals surface area (Å²) in [7, 11) is 3.20. The molecule has 1 aliphatic carbocycles. The minimum atomic E-state index is -1.51. The summed E-state index contributed by atoms with van der Waals surface area (Å²) in [6.07, 6.45) is 9.04. The first-order valence-corrected chi connectivity index (χ1v) is 14.1. The van der Waals surface area contributed by atoms with Gasteiger partial charge in [0.15, 0.2) is 0 Å². The predicted molar refractivity (Wildman–Crippen MR) is 143 cm³/mol. The Morgan fingerprint density at radius 2 is 1.89 bits per heavy atom.